The quantitative estimate of drug-likeness (QED) is 0.479. The molecule has 0 saturated carbocycles. The highest BCUT2D eigenvalue weighted by atomic mass is 35.5. The van der Waals surface area contributed by atoms with Crippen LogP contribution < -0.4 is 0 Å². The fraction of sp³-hybridized carbons (Fsp3) is 0.111. The van der Waals surface area contributed by atoms with Gasteiger partial charge in [0.2, 0.25) is 0 Å². The van der Waals surface area contributed by atoms with E-state index >= 15 is 0 Å². The normalized spacial score (nSPS) is 12.0. The lowest BCUT2D eigenvalue weighted by Crippen LogP contribution is -2.05. The zero-order valence-electron chi connectivity index (χ0n) is 13.2. The summed E-state index contributed by atoms with van der Waals surface area (Å²) in [7, 11) is 0. The molecule has 0 unspecified atom stereocenters. The van der Waals surface area contributed by atoms with E-state index in [0.717, 1.165) is 6.07 Å². The Balaban J connectivity index is 1.67. The Bertz CT molecular complexity index is 1080. The van der Waals surface area contributed by atoms with Crippen LogP contribution in [0.5, 0.6) is 0 Å². The van der Waals surface area contributed by atoms with E-state index in [1.807, 2.05) is 0 Å². The highest BCUT2D eigenvalue weighted by molar-refractivity contribution is 6.30. The van der Waals surface area contributed by atoms with Crippen LogP contribution in [0.1, 0.15) is 11.4 Å². The van der Waals surface area contributed by atoms with Gasteiger partial charge >= 0.3 is 6.18 Å². The molecule has 2 aromatic carbocycles. The van der Waals surface area contributed by atoms with E-state index in [4.69, 9.17) is 16.1 Å². The van der Waals surface area contributed by atoms with Crippen molar-refractivity contribution in [2.24, 2.45) is 0 Å². The van der Waals surface area contributed by atoms with Gasteiger partial charge in [-0.05, 0) is 36.4 Å². The van der Waals surface area contributed by atoms with Crippen LogP contribution in [0.3, 0.4) is 0 Å². The second kappa shape index (κ2) is 6.17. The average molecular weight is 378 g/mol. The number of aromatic nitrogens is 3. The molecular weight excluding hydrogens is 367 g/mol. The molecule has 0 aliphatic rings. The summed E-state index contributed by atoms with van der Waals surface area (Å²) in [6.07, 6.45) is -2.83. The Kier molecular flexibility index (Phi) is 3.96. The summed E-state index contributed by atoms with van der Waals surface area (Å²) in [6, 6.07) is 12.5. The van der Waals surface area contributed by atoms with Crippen LogP contribution in [-0.4, -0.2) is 14.7 Å². The number of rotatable bonds is 3. The molecule has 132 valence electrons. The van der Waals surface area contributed by atoms with Gasteiger partial charge in [0.1, 0.15) is 0 Å². The highest BCUT2D eigenvalue weighted by Gasteiger charge is 2.32. The Morgan fingerprint density at radius 1 is 1.08 bits per heavy atom. The van der Waals surface area contributed by atoms with Crippen molar-refractivity contribution in [3.63, 3.8) is 0 Å². The van der Waals surface area contributed by atoms with E-state index in [1.165, 1.54) is 12.1 Å². The Morgan fingerprint density at radius 2 is 1.88 bits per heavy atom. The van der Waals surface area contributed by atoms with Crippen LogP contribution in [0.4, 0.5) is 13.2 Å². The summed E-state index contributed by atoms with van der Waals surface area (Å²) in [5, 5.41) is 4.58. The average Bonchev–Trinajstić information content (AvgIpc) is 3.22. The van der Waals surface area contributed by atoms with Crippen molar-refractivity contribution in [2.45, 2.75) is 12.7 Å². The van der Waals surface area contributed by atoms with Gasteiger partial charge in [-0.2, -0.15) is 18.2 Å². The summed E-state index contributed by atoms with van der Waals surface area (Å²) in [5.41, 5.74) is 0.461. The topological polar surface area (TPSA) is 43.9 Å². The maximum Gasteiger partial charge on any atom is 0.417 e. The maximum atomic E-state index is 13.1. The predicted molar refractivity (Wildman–Crippen MR) is 90.8 cm³/mol. The molecule has 8 heteroatoms. The minimum atomic E-state index is -4.41. The van der Waals surface area contributed by atoms with Gasteiger partial charge in [0.05, 0.1) is 12.1 Å². The third kappa shape index (κ3) is 3.06. The first kappa shape index (κ1) is 16.7. The van der Waals surface area contributed by atoms with E-state index in [2.05, 4.69) is 10.1 Å². The minimum absolute atomic E-state index is 0.138. The lowest BCUT2D eigenvalue weighted by atomic mass is 10.1. The van der Waals surface area contributed by atoms with Crippen LogP contribution in [0.25, 0.3) is 22.4 Å². The van der Waals surface area contributed by atoms with Crippen molar-refractivity contribution >= 4 is 22.5 Å². The molecule has 4 nitrogen and oxygen atoms in total. The third-order valence-corrected chi connectivity index (χ3v) is 4.21. The molecular formula is C18H11ClF3N3O. The molecule has 0 fully saturated rings. The van der Waals surface area contributed by atoms with Crippen molar-refractivity contribution < 1.29 is 17.7 Å². The van der Waals surface area contributed by atoms with Gasteiger partial charge in [0, 0.05) is 27.7 Å². The van der Waals surface area contributed by atoms with Crippen LogP contribution in [0.2, 0.25) is 5.02 Å². The lowest BCUT2D eigenvalue weighted by molar-refractivity contribution is -0.136. The molecule has 0 amide bonds. The van der Waals surface area contributed by atoms with Crippen LogP contribution in [0.15, 0.2) is 59.3 Å². The molecule has 26 heavy (non-hydrogen) atoms. The lowest BCUT2D eigenvalue weighted by Gasteiger charge is -2.08. The number of nitrogens with zero attached hydrogens (tertiary/aromatic N) is 3. The molecule has 0 bridgehead atoms. The summed E-state index contributed by atoms with van der Waals surface area (Å²) in [4.78, 5) is 4.30. The molecule has 2 aromatic heterocycles. The van der Waals surface area contributed by atoms with Crippen molar-refractivity contribution in [3.8, 4) is 11.5 Å². The summed E-state index contributed by atoms with van der Waals surface area (Å²) < 4.78 is 46.2. The van der Waals surface area contributed by atoms with Crippen LogP contribution in [0, 0.1) is 0 Å². The van der Waals surface area contributed by atoms with Crippen molar-refractivity contribution in [1.29, 1.82) is 0 Å². The van der Waals surface area contributed by atoms with Crippen LogP contribution in [-0.2, 0) is 12.7 Å². The molecule has 4 rings (SSSR count). The predicted octanol–water partition coefficient (Wildman–Crippen LogP) is 5.41. The monoisotopic (exact) mass is 377 g/mol. The van der Waals surface area contributed by atoms with E-state index < -0.39 is 11.7 Å². The Labute approximate surface area is 150 Å². The molecule has 0 N–H and O–H groups in total. The molecule has 0 aliphatic heterocycles. The highest BCUT2D eigenvalue weighted by Crippen LogP contribution is 2.35. The third-order valence-electron chi connectivity index (χ3n) is 3.97. The van der Waals surface area contributed by atoms with Crippen molar-refractivity contribution in [3.05, 3.63) is 71.1 Å². The summed E-state index contributed by atoms with van der Waals surface area (Å²) >= 11 is 5.95. The molecule has 2 heterocycles. The fourth-order valence-electron chi connectivity index (χ4n) is 2.82. The number of hydrogen-bond donors (Lipinski definition) is 0. The SMILES string of the molecule is FC(F)(F)c1cccc2c1ccn2Cc1noc(-c2cccc(Cl)c2)n1. The molecule has 0 saturated heterocycles. The van der Waals surface area contributed by atoms with Gasteiger partial charge < -0.3 is 9.09 Å². The van der Waals surface area contributed by atoms with Gasteiger partial charge in [-0.3, -0.25) is 0 Å². The number of fused-ring (bicyclic) bond motifs is 1. The van der Waals surface area contributed by atoms with Gasteiger partial charge in [0.25, 0.3) is 5.89 Å². The number of alkyl halides is 3. The summed E-state index contributed by atoms with van der Waals surface area (Å²) in [5.74, 6) is 0.657. The van der Waals surface area contributed by atoms with Gasteiger partial charge in [-0.15, -0.1) is 0 Å². The van der Waals surface area contributed by atoms with Crippen LogP contribution >= 0.6 is 11.6 Å². The van der Waals surface area contributed by atoms with Gasteiger partial charge in [-0.25, -0.2) is 0 Å². The molecule has 0 radical (unpaired) electrons. The Morgan fingerprint density at radius 3 is 2.65 bits per heavy atom. The first-order valence-electron chi connectivity index (χ1n) is 7.65. The van der Waals surface area contributed by atoms with Crippen molar-refractivity contribution in [2.75, 3.05) is 0 Å². The Hall–Kier alpha value is -2.80. The zero-order valence-corrected chi connectivity index (χ0v) is 13.9. The maximum absolute atomic E-state index is 13.1. The van der Waals surface area contributed by atoms with Gasteiger partial charge in [0.15, 0.2) is 5.82 Å². The largest absolute Gasteiger partial charge is 0.417 e. The van der Waals surface area contributed by atoms with Gasteiger partial charge in [-0.1, -0.05) is 28.9 Å². The molecule has 4 aromatic rings. The van der Waals surface area contributed by atoms with E-state index in [9.17, 15) is 13.2 Å². The zero-order chi connectivity index (χ0) is 18.3. The van der Waals surface area contributed by atoms with E-state index in [1.54, 1.807) is 41.1 Å². The standard InChI is InChI=1S/C18H11ClF3N3O/c19-12-4-1-3-11(9-12)17-23-16(24-26-17)10-25-8-7-13-14(18(20,21)22)5-2-6-15(13)25/h1-9H,10H2. The second-order valence-electron chi connectivity index (χ2n) is 5.71. The smallest absolute Gasteiger partial charge is 0.340 e. The summed E-state index contributed by atoms with van der Waals surface area (Å²) in [6.45, 7) is 0.189. The molecule has 0 atom stereocenters. The number of halogens is 4. The number of hydrogen-bond acceptors (Lipinski definition) is 3. The van der Waals surface area contributed by atoms with Crippen molar-refractivity contribution in [1.82, 2.24) is 14.7 Å². The first-order chi connectivity index (χ1) is 12.4. The molecule has 0 aliphatic carbocycles. The minimum Gasteiger partial charge on any atom is -0.340 e. The number of benzene rings is 2. The first-order valence-corrected chi connectivity index (χ1v) is 8.03. The second-order valence-corrected chi connectivity index (χ2v) is 6.14. The molecule has 0 spiro atoms. The van der Waals surface area contributed by atoms with E-state index in [0.29, 0.717) is 27.8 Å². The fourth-order valence-corrected chi connectivity index (χ4v) is 3.01. The van der Waals surface area contributed by atoms with E-state index in [-0.39, 0.29) is 11.9 Å².